The topological polar surface area (TPSA) is 144 Å². The van der Waals surface area contributed by atoms with Crippen molar-refractivity contribution in [1.82, 2.24) is 9.55 Å². The predicted octanol–water partition coefficient (Wildman–Crippen LogP) is -1.75. The Labute approximate surface area is 124 Å². The van der Waals surface area contributed by atoms with Crippen molar-refractivity contribution in [1.29, 1.82) is 5.26 Å². The van der Waals surface area contributed by atoms with Crippen LogP contribution in [0.2, 0.25) is 0 Å². The van der Waals surface area contributed by atoms with Crippen molar-refractivity contribution in [2.24, 2.45) is 10.6 Å². The Morgan fingerprint density at radius 2 is 2.36 bits per heavy atom. The van der Waals surface area contributed by atoms with E-state index in [9.17, 15) is 20.3 Å². The number of terminal acetylenes is 1. The van der Waals surface area contributed by atoms with Crippen LogP contribution in [-0.4, -0.2) is 43.3 Å². The summed E-state index contributed by atoms with van der Waals surface area (Å²) in [7, 11) is 0. The van der Waals surface area contributed by atoms with Gasteiger partial charge in [0.2, 0.25) is 5.62 Å². The summed E-state index contributed by atoms with van der Waals surface area (Å²) < 4.78 is 6.69. The third-order valence-corrected chi connectivity index (χ3v) is 3.78. The molecule has 22 heavy (non-hydrogen) atoms. The van der Waals surface area contributed by atoms with Crippen molar-refractivity contribution in [2.75, 3.05) is 6.61 Å². The number of aromatic nitrogens is 2. The normalized spacial score (nSPS) is 35.0. The lowest BCUT2D eigenvalue weighted by Gasteiger charge is -2.27. The molecule has 0 saturated carbocycles. The van der Waals surface area contributed by atoms with E-state index in [1.165, 1.54) is 13.1 Å². The van der Waals surface area contributed by atoms with Crippen LogP contribution in [0.15, 0.2) is 22.2 Å². The molecule has 9 nitrogen and oxygen atoms in total. The second kappa shape index (κ2) is 5.31. The maximum Gasteiger partial charge on any atom is 0.252 e. The summed E-state index contributed by atoms with van der Waals surface area (Å²) in [6, 6.07) is 3.03. The molecule has 4 atom stereocenters. The number of hydrogen-bond acceptors (Lipinski definition) is 7. The number of aliphatic hydroxyl groups is 2. The van der Waals surface area contributed by atoms with E-state index >= 15 is 0 Å². The molecule has 2 rings (SSSR count). The number of nitriles is 1. The predicted molar refractivity (Wildman–Crippen MR) is 70.9 cm³/mol. The van der Waals surface area contributed by atoms with Gasteiger partial charge in [0.05, 0.1) is 12.7 Å². The first-order valence-electron chi connectivity index (χ1n) is 6.24. The largest absolute Gasteiger partial charge is 0.408 e. The summed E-state index contributed by atoms with van der Waals surface area (Å²) in [5.41, 5.74) is -4.17. The van der Waals surface area contributed by atoms with E-state index < -0.39 is 35.5 Å². The first kappa shape index (κ1) is 15.8. The molecule has 0 unspecified atom stereocenters. The van der Waals surface area contributed by atoms with Gasteiger partial charge in [0.25, 0.3) is 5.56 Å². The van der Waals surface area contributed by atoms with Crippen molar-refractivity contribution in [3.8, 4) is 18.4 Å². The van der Waals surface area contributed by atoms with E-state index in [2.05, 4.69) is 16.1 Å². The van der Waals surface area contributed by atoms with E-state index in [0.717, 1.165) is 10.6 Å². The van der Waals surface area contributed by atoms with Gasteiger partial charge in [0, 0.05) is 12.3 Å². The minimum Gasteiger partial charge on any atom is -0.408 e. The standard InChI is InChI=1S/C13H14N4O5/c1-3-13(7-18)9(20)12(2,6-14)10(22-13)17-5-4-8(19)15-11(17)16-21/h1,4-5,9-10,18,20-21H,7H2,2H3,(H,15,16,19)/t9-,10+,12+,13+/m0/s1. The number of rotatable bonds is 2. The Bertz CT molecular complexity index is 785. The van der Waals surface area contributed by atoms with Gasteiger partial charge in [-0.15, -0.1) is 6.42 Å². The summed E-state index contributed by atoms with van der Waals surface area (Å²) in [6.07, 6.45) is 3.86. The average molecular weight is 306 g/mol. The van der Waals surface area contributed by atoms with Crippen LogP contribution in [-0.2, 0) is 4.74 Å². The fraction of sp³-hybridized carbons (Fsp3) is 0.462. The zero-order valence-corrected chi connectivity index (χ0v) is 11.6. The molecule has 0 amide bonds. The molecule has 0 radical (unpaired) electrons. The van der Waals surface area contributed by atoms with Crippen LogP contribution in [0.3, 0.4) is 0 Å². The molecule has 1 saturated heterocycles. The van der Waals surface area contributed by atoms with Gasteiger partial charge in [-0.25, -0.2) is 0 Å². The van der Waals surface area contributed by atoms with Gasteiger partial charge in [0.15, 0.2) is 11.8 Å². The molecule has 2 heterocycles. The fourth-order valence-electron chi connectivity index (χ4n) is 2.45. The summed E-state index contributed by atoms with van der Waals surface area (Å²) in [5.74, 6) is 2.16. The molecule has 1 aromatic heterocycles. The zero-order chi connectivity index (χ0) is 16.5. The summed E-state index contributed by atoms with van der Waals surface area (Å²) >= 11 is 0. The first-order valence-corrected chi connectivity index (χ1v) is 6.24. The molecule has 9 heteroatoms. The Morgan fingerprint density at radius 1 is 1.68 bits per heavy atom. The smallest absolute Gasteiger partial charge is 0.252 e. The molecule has 0 bridgehead atoms. The molecular weight excluding hydrogens is 292 g/mol. The third-order valence-electron chi connectivity index (χ3n) is 3.78. The van der Waals surface area contributed by atoms with E-state index in [0.29, 0.717) is 0 Å². The molecule has 0 aliphatic carbocycles. The van der Waals surface area contributed by atoms with Crippen LogP contribution in [0, 0.1) is 29.1 Å². The lowest BCUT2D eigenvalue weighted by molar-refractivity contribution is -0.0933. The second-order valence-electron chi connectivity index (χ2n) is 5.10. The molecule has 1 aliphatic heterocycles. The van der Waals surface area contributed by atoms with E-state index in [4.69, 9.17) is 16.4 Å². The summed E-state index contributed by atoms with van der Waals surface area (Å²) in [4.78, 5) is 13.5. The lowest BCUT2D eigenvalue weighted by atomic mass is 9.79. The maximum absolute atomic E-state index is 11.3. The van der Waals surface area contributed by atoms with Gasteiger partial charge in [-0.2, -0.15) is 5.26 Å². The molecule has 1 fully saturated rings. The first-order chi connectivity index (χ1) is 10.4. The monoisotopic (exact) mass is 306 g/mol. The average Bonchev–Trinajstić information content (AvgIpc) is 2.77. The van der Waals surface area contributed by atoms with Crippen LogP contribution in [0.4, 0.5) is 0 Å². The van der Waals surface area contributed by atoms with Crippen molar-refractivity contribution in [2.45, 2.75) is 24.9 Å². The van der Waals surface area contributed by atoms with Gasteiger partial charge in [-0.3, -0.25) is 14.3 Å². The summed E-state index contributed by atoms with van der Waals surface area (Å²) in [6.45, 7) is 0.671. The SMILES string of the molecule is C#C[C@]1(CO)O[C@@H](n2ccc(=O)[nH]/c2=N\O)[C@](C)(C#N)[C@@H]1O. The Hall–Kier alpha value is -2.59. The highest BCUT2D eigenvalue weighted by molar-refractivity contribution is 5.25. The number of aromatic amines is 1. The van der Waals surface area contributed by atoms with Crippen LogP contribution < -0.4 is 11.2 Å². The van der Waals surface area contributed by atoms with Crippen molar-refractivity contribution in [3.63, 3.8) is 0 Å². The number of ether oxygens (including phenoxy) is 1. The van der Waals surface area contributed by atoms with Gasteiger partial charge >= 0.3 is 0 Å². The Balaban J connectivity index is 2.69. The zero-order valence-electron chi connectivity index (χ0n) is 11.6. The van der Waals surface area contributed by atoms with E-state index in [-0.39, 0.29) is 5.62 Å². The molecule has 0 spiro atoms. The van der Waals surface area contributed by atoms with Crippen molar-refractivity contribution in [3.05, 3.63) is 28.2 Å². The highest BCUT2D eigenvalue weighted by atomic mass is 16.6. The second-order valence-corrected chi connectivity index (χ2v) is 5.10. The molecular formula is C13H14N4O5. The molecule has 1 aliphatic rings. The van der Waals surface area contributed by atoms with Gasteiger partial charge in [-0.1, -0.05) is 11.1 Å². The molecule has 4 N–H and O–H groups in total. The van der Waals surface area contributed by atoms with Crippen molar-refractivity contribution < 1.29 is 20.2 Å². The number of hydrogen-bond donors (Lipinski definition) is 4. The van der Waals surface area contributed by atoms with Crippen LogP contribution in [0.1, 0.15) is 13.2 Å². The number of nitrogens with one attached hydrogen (secondary N) is 1. The molecule has 1 aromatic rings. The minimum absolute atomic E-state index is 0.295. The lowest BCUT2D eigenvalue weighted by Crippen LogP contribution is -2.46. The van der Waals surface area contributed by atoms with Gasteiger partial charge < -0.3 is 20.2 Å². The quantitative estimate of drug-likeness (QED) is 0.290. The van der Waals surface area contributed by atoms with Crippen molar-refractivity contribution >= 4 is 0 Å². The number of H-pyrrole nitrogens is 1. The Kier molecular flexibility index (Phi) is 3.81. The Morgan fingerprint density at radius 3 is 2.86 bits per heavy atom. The third kappa shape index (κ3) is 2.00. The number of nitrogens with zero attached hydrogens (tertiary/aromatic N) is 3. The minimum atomic E-state index is -1.79. The van der Waals surface area contributed by atoms with E-state index in [1.54, 1.807) is 0 Å². The van der Waals surface area contributed by atoms with Gasteiger partial charge in [-0.05, 0) is 6.92 Å². The van der Waals surface area contributed by atoms with E-state index in [1.807, 2.05) is 6.07 Å². The molecule has 0 aromatic carbocycles. The highest BCUT2D eigenvalue weighted by Crippen LogP contribution is 2.49. The van der Waals surface area contributed by atoms with Gasteiger partial charge in [0.1, 0.15) is 11.5 Å². The maximum atomic E-state index is 11.3. The fourth-order valence-corrected chi connectivity index (χ4v) is 2.45. The molecule has 116 valence electrons. The van der Waals surface area contributed by atoms with Crippen LogP contribution in [0.25, 0.3) is 0 Å². The number of aliphatic hydroxyl groups excluding tert-OH is 2. The van der Waals surface area contributed by atoms with Crippen LogP contribution in [0.5, 0.6) is 0 Å². The van der Waals surface area contributed by atoms with Crippen LogP contribution >= 0.6 is 0 Å². The highest BCUT2D eigenvalue weighted by Gasteiger charge is 2.62. The summed E-state index contributed by atoms with van der Waals surface area (Å²) in [5, 5.41) is 41.2.